The molecule has 1 aliphatic heterocycles. The Hall–Kier alpha value is -2.53. The molecule has 2 amide bonds. The van der Waals surface area contributed by atoms with Gasteiger partial charge >= 0.3 is 0 Å². The zero-order chi connectivity index (χ0) is 16.1. The van der Waals surface area contributed by atoms with Gasteiger partial charge < -0.3 is 0 Å². The van der Waals surface area contributed by atoms with Crippen LogP contribution in [0.1, 0.15) is 26.4 Å². The first kappa shape index (κ1) is 14.1. The van der Waals surface area contributed by atoms with E-state index in [4.69, 9.17) is 0 Å². The summed E-state index contributed by atoms with van der Waals surface area (Å²) in [5.74, 6) is -0.614. The van der Waals surface area contributed by atoms with E-state index >= 15 is 0 Å². The predicted molar refractivity (Wildman–Crippen MR) is 91.8 cm³/mol. The number of fused-ring (bicyclic) bond motifs is 3. The molecule has 0 fully saturated rings. The van der Waals surface area contributed by atoms with Crippen molar-refractivity contribution in [1.29, 1.82) is 0 Å². The van der Waals surface area contributed by atoms with Crippen LogP contribution in [-0.4, -0.2) is 16.8 Å². The standard InChI is InChI=1S/C18H11BrN2O2/c1-10-15-16(13-4-2-3-5-14(13)20-10)18(23)21(17(15)22)12-8-6-11(19)7-9-12/h2-9H,1H3. The molecule has 2 aromatic carbocycles. The highest BCUT2D eigenvalue weighted by Crippen LogP contribution is 2.34. The fraction of sp³-hybridized carbons (Fsp3) is 0.0556. The number of rotatable bonds is 1. The summed E-state index contributed by atoms with van der Waals surface area (Å²) in [4.78, 5) is 31.4. The average Bonchev–Trinajstić information content (AvgIpc) is 2.81. The van der Waals surface area contributed by atoms with Crippen LogP contribution in [-0.2, 0) is 0 Å². The van der Waals surface area contributed by atoms with E-state index in [9.17, 15) is 9.59 Å². The fourth-order valence-electron chi connectivity index (χ4n) is 2.96. The molecule has 0 bridgehead atoms. The van der Waals surface area contributed by atoms with Crippen LogP contribution in [0, 0.1) is 6.92 Å². The molecule has 5 heteroatoms. The van der Waals surface area contributed by atoms with Gasteiger partial charge in [0.1, 0.15) is 0 Å². The first-order valence-electron chi connectivity index (χ1n) is 7.11. The number of halogens is 1. The highest BCUT2D eigenvalue weighted by Gasteiger charge is 2.39. The van der Waals surface area contributed by atoms with E-state index in [-0.39, 0.29) is 11.8 Å². The maximum Gasteiger partial charge on any atom is 0.268 e. The van der Waals surface area contributed by atoms with Crippen LogP contribution in [0.4, 0.5) is 5.69 Å². The summed E-state index contributed by atoms with van der Waals surface area (Å²) < 4.78 is 0.890. The Balaban J connectivity index is 1.97. The molecule has 0 aliphatic carbocycles. The van der Waals surface area contributed by atoms with E-state index in [0.717, 1.165) is 9.99 Å². The molecule has 3 aromatic rings. The van der Waals surface area contributed by atoms with Crippen LogP contribution < -0.4 is 4.90 Å². The van der Waals surface area contributed by atoms with Crippen LogP contribution in [0.5, 0.6) is 0 Å². The number of para-hydroxylation sites is 1. The number of benzene rings is 2. The molecule has 0 spiro atoms. The number of carbonyl (C=O) groups excluding carboxylic acids is 2. The molecular formula is C18H11BrN2O2. The van der Waals surface area contributed by atoms with Crippen LogP contribution in [0.15, 0.2) is 53.0 Å². The van der Waals surface area contributed by atoms with Crippen molar-refractivity contribution in [2.75, 3.05) is 4.90 Å². The minimum Gasteiger partial charge on any atom is -0.268 e. The van der Waals surface area contributed by atoms with Crippen molar-refractivity contribution < 1.29 is 9.59 Å². The van der Waals surface area contributed by atoms with E-state index in [1.165, 1.54) is 4.90 Å². The van der Waals surface area contributed by atoms with Gasteiger partial charge in [-0.25, -0.2) is 4.90 Å². The van der Waals surface area contributed by atoms with E-state index in [1.54, 1.807) is 19.1 Å². The topological polar surface area (TPSA) is 50.3 Å². The lowest BCUT2D eigenvalue weighted by molar-refractivity contribution is 0.0926. The second kappa shape index (κ2) is 4.99. The number of pyridine rings is 1. The molecule has 2 heterocycles. The van der Waals surface area contributed by atoms with Gasteiger partial charge in [-0.3, -0.25) is 14.6 Å². The predicted octanol–water partition coefficient (Wildman–Crippen LogP) is 4.11. The van der Waals surface area contributed by atoms with Gasteiger partial charge in [0.2, 0.25) is 0 Å². The first-order valence-corrected chi connectivity index (χ1v) is 7.91. The van der Waals surface area contributed by atoms with Gasteiger partial charge in [0.05, 0.1) is 28.0 Å². The summed E-state index contributed by atoms with van der Waals surface area (Å²) in [6.45, 7) is 1.77. The zero-order valence-electron chi connectivity index (χ0n) is 12.2. The molecule has 112 valence electrons. The number of nitrogens with zero attached hydrogens (tertiary/aromatic N) is 2. The van der Waals surface area contributed by atoms with Crippen LogP contribution >= 0.6 is 15.9 Å². The van der Waals surface area contributed by atoms with Crippen molar-refractivity contribution >= 4 is 44.3 Å². The van der Waals surface area contributed by atoms with Crippen molar-refractivity contribution in [1.82, 2.24) is 4.98 Å². The Kier molecular flexibility index (Phi) is 3.06. The smallest absolute Gasteiger partial charge is 0.268 e. The van der Waals surface area contributed by atoms with Crippen molar-refractivity contribution in [3.8, 4) is 0 Å². The Bertz CT molecular complexity index is 980. The summed E-state index contributed by atoms with van der Waals surface area (Å²) >= 11 is 3.36. The number of hydrogen-bond acceptors (Lipinski definition) is 3. The molecule has 0 saturated carbocycles. The van der Waals surface area contributed by atoms with Crippen LogP contribution in [0.25, 0.3) is 10.9 Å². The third-order valence-corrected chi connectivity index (χ3v) is 4.52. The summed E-state index contributed by atoms with van der Waals surface area (Å²) in [5.41, 5.74) is 2.71. The van der Waals surface area contributed by atoms with E-state index in [1.807, 2.05) is 36.4 Å². The fourth-order valence-corrected chi connectivity index (χ4v) is 3.22. The van der Waals surface area contributed by atoms with Crippen molar-refractivity contribution in [3.63, 3.8) is 0 Å². The maximum atomic E-state index is 12.9. The number of imide groups is 1. The molecule has 0 radical (unpaired) electrons. The lowest BCUT2D eigenvalue weighted by Crippen LogP contribution is -2.29. The lowest BCUT2D eigenvalue weighted by atomic mass is 10.0. The number of aryl methyl sites for hydroxylation is 1. The van der Waals surface area contributed by atoms with E-state index in [2.05, 4.69) is 20.9 Å². The van der Waals surface area contributed by atoms with Crippen molar-refractivity contribution in [3.05, 3.63) is 69.8 Å². The molecule has 0 saturated heterocycles. The normalized spacial score (nSPS) is 13.7. The van der Waals surface area contributed by atoms with Crippen LogP contribution in [0.3, 0.4) is 0 Å². The molecular weight excluding hydrogens is 356 g/mol. The summed E-state index contributed by atoms with van der Waals surface area (Å²) in [7, 11) is 0. The molecule has 0 unspecified atom stereocenters. The highest BCUT2D eigenvalue weighted by molar-refractivity contribution is 9.10. The van der Waals surface area contributed by atoms with Crippen molar-refractivity contribution in [2.45, 2.75) is 6.92 Å². The van der Waals surface area contributed by atoms with Gasteiger partial charge in [-0.15, -0.1) is 0 Å². The number of aromatic nitrogens is 1. The summed E-state index contributed by atoms with van der Waals surface area (Å²) in [6.07, 6.45) is 0. The second-order valence-electron chi connectivity index (χ2n) is 5.39. The van der Waals surface area contributed by atoms with Gasteiger partial charge in [-0.05, 0) is 37.3 Å². The molecule has 1 aromatic heterocycles. The van der Waals surface area contributed by atoms with E-state index in [0.29, 0.717) is 27.9 Å². The Labute approximate surface area is 140 Å². The van der Waals surface area contributed by atoms with Gasteiger partial charge in [-0.1, -0.05) is 34.1 Å². The Morgan fingerprint density at radius 1 is 0.913 bits per heavy atom. The molecule has 1 aliphatic rings. The van der Waals surface area contributed by atoms with Gasteiger partial charge in [0.15, 0.2) is 0 Å². The van der Waals surface area contributed by atoms with Crippen LogP contribution in [0.2, 0.25) is 0 Å². The SMILES string of the molecule is Cc1nc2ccccc2c2c1C(=O)N(c1ccc(Br)cc1)C2=O. The zero-order valence-corrected chi connectivity index (χ0v) is 13.8. The third kappa shape index (κ3) is 2.00. The summed E-state index contributed by atoms with van der Waals surface area (Å²) in [5, 5.41) is 0.714. The quantitative estimate of drug-likeness (QED) is 0.609. The summed E-state index contributed by atoms with van der Waals surface area (Å²) in [6, 6.07) is 14.5. The largest absolute Gasteiger partial charge is 0.268 e. The van der Waals surface area contributed by atoms with Gasteiger partial charge in [0.25, 0.3) is 11.8 Å². The number of carbonyl (C=O) groups is 2. The number of anilines is 1. The van der Waals surface area contributed by atoms with Gasteiger partial charge in [-0.2, -0.15) is 0 Å². The molecule has 4 nitrogen and oxygen atoms in total. The van der Waals surface area contributed by atoms with Crippen molar-refractivity contribution in [2.24, 2.45) is 0 Å². The van der Waals surface area contributed by atoms with Gasteiger partial charge in [0, 0.05) is 9.86 Å². The highest BCUT2D eigenvalue weighted by atomic mass is 79.9. The molecule has 23 heavy (non-hydrogen) atoms. The lowest BCUT2D eigenvalue weighted by Gasteiger charge is -2.13. The first-order chi connectivity index (χ1) is 11.1. The Morgan fingerprint density at radius 2 is 1.57 bits per heavy atom. The second-order valence-corrected chi connectivity index (χ2v) is 6.30. The maximum absolute atomic E-state index is 12.9. The Morgan fingerprint density at radius 3 is 2.30 bits per heavy atom. The third-order valence-electron chi connectivity index (χ3n) is 3.99. The number of hydrogen-bond donors (Lipinski definition) is 0. The molecule has 0 N–H and O–H groups in total. The average molecular weight is 367 g/mol. The van der Waals surface area contributed by atoms with E-state index < -0.39 is 0 Å². The molecule has 0 atom stereocenters. The molecule has 4 rings (SSSR count). The minimum atomic E-state index is -0.317. The minimum absolute atomic E-state index is 0.297. The number of amides is 2. The monoisotopic (exact) mass is 366 g/mol.